The van der Waals surface area contributed by atoms with Gasteiger partial charge in [0.2, 0.25) is 15.9 Å². The van der Waals surface area contributed by atoms with Gasteiger partial charge in [-0.1, -0.05) is 24.6 Å². The van der Waals surface area contributed by atoms with Gasteiger partial charge in [-0.05, 0) is 51.4 Å². The molecule has 1 atom stereocenters. The van der Waals surface area contributed by atoms with Gasteiger partial charge < -0.3 is 10.2 Å². The number of hydrogen-bond donors (Lipinski definition) is 1. The van der Waals surface area contributed by atoms with E-state index in [-0.39, 0.29) is 24.9 Å². The van der Waals surface area contributed by atoms with E-state index in [2.05, 4.69) is 17.1 Å². The molecule has 7 nitrogen and oxygen atoms in total. The monoisotopic (exact) mass is 436 g/mol. The molecule has 30 heavy (non-hydrogen) atoms. The second-order valence-electron chi connectivity index (χ2n) is 8.44. The molecule has 0 aromatic heterocycles. The summed E-state index contributed by atoms with van der Waals surface area (Å²) < 4.78 is 28.8. The lowest BCUT2D eigenvalue weighted by molar-refractivity contribution is -0.131. The highest BCUT2D eigenvalue weighted by Crippen LogP contribution is 2.25. The fourth-order valence-electron chi connectivity index (χ4n) is 4.58. The molecule has 2 heterocycles. The van der Waals surface area contributed by atoms with Gasteiger partial charge in [-0.3, -0.25) is 9.69 Å². The van der Waals surface area contributed by atoms with Crippen LogP contribution in [0.1, 0.15) is 37.3 Å². The predicted octanol–water partition coefficient (Wildman–Crippen LogP) is 1.60. The van der Waals surface area contributed by atoms with Crippen LogP contribution in [0.5, 0.6) is 0 Å². The first-order chi connectivity index (χ1) is 14.3. The third-order valence-corrected chi connectivity index (χ3v) is 8.34. The van der Waals surface area contributed by atoms with Crippen LogP contribution in [0, 0.1) is 13.8 Å². The standard InChI is InChI=1S/C22H36N4O3S/c1-4-24-12-5-6-20(24)17-26(13-9-22(27)25-14-10-23-11-15-25)30(28,29)21-8-7-18(2)16-19(21)3/h7-8,16,20,23H,4-6,9-15,17H2,1-3H3/t20-/m0/s1. The molecule has 1 aromatic carbocycles. The second kappa shape index (κ2) is 10.2. The first-order valence-electron chi connectivity index (χ1n) is 11.1. The summed E-state index contributed by atoms with van der Waals surface area (Å²) in [5.41, 5.74) is 1.80. The van der Waals surface area contributed by atoms with Gasteiger partial charge in [0.1, 0.15) is 0 Å². The van der Waals surface area contributed by atoms with Crippen LogP contribution in [0.15, 0.2) is 23.1 Å². The Kier molecular flexibility index (Phi) is 7.90. The van der Waals surface area contributed by atoms with Crippen molar-refractivity contribution in [2.24, 2.45) is 0 Å². The number of likely N-dealkylation sites (N-methyl/N-ethyl adjacent to an activating group) is 1. The van der Waals surface area contributed by atoms with Crippen molar-refractivity contribution in [2.45, 2.75) is 51.0 Å². The van der Waals surface area contributed by atoms with Crippen LogP contribution in [-0.2, 0) is 14.8 Å². The first kappa shape index (κ1) is 23.2. The Morgan fingerprint density at radius 1 is 1.20 bits per heavy atom. The molecule has 1 amide bonds. The molecular formula is C22H36N4O3S. The van der Waals surface area contributed by atoms with E-state index in [0.717, 1.165) is 50.1 Å². The average molecular weight is 437 g/mol. The Balaban J connectivity index is 1.80. The summed E-state index contributed by atoms with van der Waals surface area (Å²) in [6.07, 6.45) is 2.32. The lowest BCUT2D eigenvalue weighted by Crippen LogP contribution is -2.48. The van der Waals surface area contributed by atoms with Gasteiger partial charge in [0.05, 0.1) is 4.90 Å². The number of carbonyl (C=O) groups excluding carboxylic acids is 1. The summed E-state index contributed by atoms with van der Waals surface area (Å²) >= 11 is 0. The minimum atomic E-state index is -3.67. The molecule has 1 N–H and O–H groups in total. The molecule has 2 saturated heterocycles. The van der Waals surface area contributed by atoms with Gasteiger partial charge in [-0.25, -0.2) is 8.42 Å². The van der Waals surface area contributed by atoms with E-state index in [9.17, 15) is 13.2 Å². The normalized spacial score (nSPS) is 20.8. The Bertz CT molecular complexity index is 837. The van der Waals surface area contributed by atoms with Crippen LogP contribution in [0.25, 0.3) is 0 Å². The van der Waals surface area contributed by atoms with E-state index >= 15 is 0 Å². The zero-order valence-electron chi connectivity index (χ0n) is 18.6. The Labute approximate surface area is 181 Å². The van der Waals surface area contributed by atoms with Crippen LogP contribution in [0.4, 0.5) is 0 Å². The number of rotatable bonds is 8. The van der Waals surface area contributed by atoms with E-state index < -0.39 is 10.0 Å². The maximum atomic E-state index is 13.6. The fourth-order valence-corrected chi connectivity index (χ4v) is 6.27. The number of likely N-dealkylation sites (tertiary alicyclic amines) is 1. The summed E-state index contributed by atoms with van der Waals surface area (Å²) in [5.74, 6) is 0.0381. The molecule has 0 bridgehead atoms. The maximum absolute atomic E-state index is 13.6. The molecule has 3 rings (SSSR count). The lowest BCUT2D eigenvalue weighted by atomic mass is 10.2. The van der Waals surface area contributed by atoms with E-state index in [4.69, 9.17) is 0 Å². The summed E-state index contributed by atoms with van der Waals surface area (Å²) in [6.45, 7) is 11.5. The first-order valence-corrected chi connectivity index (χ1v) is 12.6. The van der Waals surface area contributed by atoms with Gasteiger partial charge in [0, 0.05) is 51.7 Å². The summed E-state index contributed by atoms with van der Waals surface area (Å²) in [7, 11) is -3.67. The Morgan fingerprint density at radius 3 is 2.60 bits per heavy atom. The number of hydrogen-bond acceptors (Lipinski definition) is 5. The van der Waals surface area contributed by atoms with Crippen molar-refractivity contribution in [2.75, 3.05) is 52.4 Å². The molecule has 0 aliphatic carbocycles. The Hall–Kier alpha value is -1.48. The molecule has 0 unspecified atom stereocenters. The van der Waals surface area contributed by atoms with Crippen LogP contribution >= 0.6 is 0 Å². The molecule has 168 valence electrons. The third-order valence-electron chi connectivity index (χ3n) is 6.31. The van der Waals surface area contributed by atoms with Crippen molar-refractivity contribution in [3.8, 4) is 0 Å². The number of amides is 1. The van der Waals surface area contributed by atoms with E-state index in [1.807, 2.05) is 30.9 Å². The number of piperazine rings is 1. The molecule has 1 aromatic rings. The number of benzene rings is 1. The zero-order valence-corrected chi connectivity index (χ0v) is 19.4. The molecule has 2 aliphatic heterocycles. The van der Waals surface area contributed by atoms with Crippen molar-refractivity contribution < 1.29 is 13.2 Å². The smallest absolute Gasteiger partial charge is 0.243 e. The number of sulfonamides is 1. The van der Waals surface area contributed by atoms with Crippen molar-refractivity contribution in [3.63, 3.8) is 0 Å². The van der Waals surface area contributed by atoms with Gasteiger partial charge in [0.15, 0.2) is 0 Å². The zero-order chi connectivity index (χ0) is 21.7. The van der Waals surface area contributed by atoms with E-state index in [0.29, 0.717) is 24.5 Å². The average Bonchev–Trinajstić information content (AvgIpc) is 3.18. The summed E-state index contributed by atoms with van der Waals surface area (Å²) in [6, 6.07) is 5.67. The van der Waals surface area contributed by atoms with E-state index in [1.54, 1.807) is 10.4 Å². The highest BCUT2D eigenvalue weighted by molar-refractivity contribution is 7.89. The SMILES string of the molecule is CCN1CCC[C@H]1CN(CCC(=O)N1CCNCC1)S(=O)(=O)c1ccc(C)cc1C. The highest BCUT2D eigenvalue weighted by atomic mass is 32.2. The topological polar surface area (TPSA) is 73.0 Å². The minimum absolute atomic E-state index is 0.0381. The van der Waals surface area contributed by atoms with Crippen molar-refractivity contribution in [1.82, 2.24) is 19.4 Å². The highest BCUT2D eigenvalue weighted by Gasteiger charge is 2.33. The maximum Gasteiger partial charge on any atom is 0.243 e. The number of nitrogens with one attached hydrogen (secondary N) is 1. The van der Waals surface area contributed by atoms with Crippen LogP contribution in [0.2, 0.25) is 0 Å². The Morgan fingerprint density at radius 2 is 1.93 bits per heavy atom. The van der Waals surface area contributed by atoms with Crippen LogP contribution in [-0.4, -0.2) is 86.8 Å². The van der Waals surface area contributed by atoms with Crippen molar-refractivity contribution >= 4 is 15.9 Å². The molecule has 2 aliphatic rings. The number of nitrogens with zero attached hydrogens (tertiary/aromatic N) is 3. The van der Waals surface area contributed by atoms with E-state index in [1.165, 1.54) is 0 Å². The van der Waals surface area contributed by atoms with Gasteiger partial charge in [0.25, 0.3) is 0 Å². The quantitative estimate of drug-likeness (QED) is 0.670. The number of carbonyl (C=O) groups is 1. The van der Waals surface area contributed by atoms with Crippen molar-refractivity contribution in [3.05, 3.63) is 29.3 Å². The molecule has 0 saturated carbocycles. The fraction of sp³-hybridized carbons (Fsp3) is 0.682. The van der Waals surface area contributed by atoms with Crippen LogP contribution in [0.3, 0.4) is 0 Å². The van der Waals surface area contributed by atoms with Gasteiger partial charge in [-0.15, -0.1) is 0 Å². The summed E-state index contributed by atoms with van der Waals surface area (Å²) in [5, 5.41) is 3.24. The predicted molar refractivity (Wildman–Crippen MR) is 119 cm³/mol. The van der Waals surface area contributed by atoms with Crippen molar-refractivity contribution in [1.29, 1.82) is 0 Å². The number of aryl methyl sites for hydroxylation is 2. The minimum Gasteiger partial charge on any atom is -0.340 e. The van der Waals surface area contributed by atoms with Gasteiger partial charge in [-0.2, -0.15) is 4.31 Å². The molecule has 8 heteroatoms. The summed E-state index contributed by atoms with van der Waals surface area (Å²) in [4.78, 5) is 17.2. The second-order valence-corrected chi connectivity index (χ2v) is 10.3. The molecule has 0 radical (unpaired) electrons. The van der Waals surface area contributed by atoms with Gasteiger partial charge >= 0.3 is 0 Å². The third kappa shape index (κ3) is 5.41. The molecule has 2 fully saturated rings. The lowest BCUT2D eigenvalue weighted by Gasteiger charge is -2.31. The molecule has 0 spiro atoms. The molecular weight excluding hydrogens is 400 g/mol. The largest absolute Gasteiger partial charge is 0.340 e. The van der Waals surface area contributed by atoms with Crippen LogP contribution < -0.4 is 5.32 Å².